The van der Waals surface area contributed by atoms with Crippen molar-refractivity contribution in [3.63, 3.8) is 0 Å². The highest BCUT2D eigenvalue weighted by atomic mass is 32.4. The third kappa shape index (κ3) is 8.54. The van der Waals surface area contributed by atoms with Gasteiger partial charge in [-0.25, -0.2) is 0 Å². The van der Waals surface area contributed by atoms with Gasteiger partial charge in [-0.05, 0) is 30.3 Å². The first-order valence-electron chi connectivity index (χ1n) is 5.67. The van der Waals surface area contributed by atoms with Gasteiger partial charge < -0.3 is 4.43 Å². The first kappa shape index (κ1) is 15.7. The van der Waals surface area contributed by atoms with E-state index in [4.69, 9.17) is 4.43 Å². The predicted molar refractivity (Wildman–Crippen MR) is 78.9 cm³/mol. The second-order valence-electron chi connectivity index (χ2n) is 6.71. The quantitative estimate of drug-likeness (QED) is 0.656. The van der Waals surface area contributed by atoms with E-state index in [1.165, 1.54) is 11.8 Å². The smallest absolute Gasteiger partial charge is 0.186 e. The van der Waals surface area contributed by atoms with E-state index in [0.29, 0.717) is 5.41 Å². The Labute approximate surface area is 102 Å². The molecule has 0 radical (unpaired) electrons. The number of hydrogen-bond acceptors (Lipinski definition) is 2. The van der Waals surface area contributed by atoms with Gasteiger partial charge in [-0.3, -0.25) is 0 Å². The standard InChI is InChI=1S/C11H28OSSi2/c1-11(2,9-13-14(4,5)6)10-15(7,8)12-3/h9-10H2,1-8H3. The molecule has 0 spiro atoms. The minimum Gasteiger partial charge on any atom is -0.420 e. The van der Waals surface area contributed by atoms with Crippen molar-refractivity contribution in [2.45, 2.75) is 52.6 Å². The van der Waals surface area contributed by atoms with Crippen LogP contribution in [-0.2, 0) is 4.43 Å². The van der Waals surface area contributed by atoms with Gasteiger partial charge in [0.2, 0.25) is 0 Å². The molecule has 0 atom stereocenters. The Morgan fingerprint density at radius 1 is 1.07 bits per heavy atom. The van der Waals surface area contributed by atoms with Crippen LogP contribution in [0.2, 0.25) is 38.8 Å². The van der Waals surface area contributed by atoms with E-state index in [2.05, 4.69) is 57.8 Å². The Hall–Kier alpha value is 0.744. The third-order valence-corrected chi connectivity index (χ3v) is 10.1. The lowest BCUT2D eigenvalue weighted by Gasteiger charge is -2.33. The molecular formula is C11H28OSSi2. The van der Waals surface area contributed by atoms with Gasteiger partial charge in [0.15, 0.2) is 8.32 Å². The van der Waals surface area contributed by atoms with E-state index < -0.39 is 15.5 Å². The van der Waals surface area contributed by atoms with Crippen molar-refractivity contribution < 1.29 is 4.43 Å². The van der Waals surface area contributed by atoms with Gasteiger partial charge >= 0.3 is 0 Å². The monoisotopic (exact) mass is 264 g/mol. The van der Waals surface area contributed by atoms with Crippen LogP contribution in [0.1, 0.15) is 13.8 Å². The normalized spacial score (nSPS) is 14.4. The lowest BCUT2D eigenvalue weighted by atomic mass is 10.00. The zero-order chi connectivity index (χ0) is 12.3. The average Bonchev–Trinajstić information content (AvgIpc) is 1.98. The van der Waals surface area contributed by atoms with Crippen LogP contribution in [0.15, 0.2) is 0 Å². The molecular weight excluding hydrogens is 236 g/mol. The Morgan fingerprint density at radius 3 is 1.87 bits per heavy atom. The minimum atomic E-state index is -1.41. The average molecular weight is 265 g/mol. The molecule has 0 amide bonds. The van der Waals surface area contributed by atoms with Crippen LogP contribution in [-0.4, -0.2) is 28.4 Å². The molecule has 0 aliphatic rings. The van der Waals surface area contributed by atoms with Gasteiger partial charge in [-0.15, -0.1) is 0 Å². The SMILES string of the molecule is CO[Si](C)(C)CC(C)(C)CS[Si](C)(C)C. The maximum Gasteiger partial charge on any atom is 0.186 e. The summed E-state index contributed by atoms with van der Waals surface area (Å²) in [6, 6.07) is 1.26. The fraction of sp³-hybridized carbons (Fsp3) is 1.00. The Balaban J connectivity index is 4.19. The minimum absolute atomic E-state index is 0.427. The van der Waals surface area contributed by atoms with E-state index in [-0.39, 0.29) is 0 Å². The second-order valence-corrected chi connectivity index (χ2v) is 20.3. The van der Waals surface area contributed by atoms with Crippen LogP contribution >= 0.6 is 11.2 Å². The second kappa shape index (κ2) is 5.38. The molecule has 0 N–H and O–H groups in total. The van der Waals surface area contributed by atoms with E-state index >= 15 is 0 Å². The van der Waals surface area contributed by atoms with Crippen molar-refractivity contribution in [3.8, 4) is 0 Å². The van der Waals surface area contributed by atoms with Crippen LogP contribution in [0.3, 0.4) is 0 Å². The van der Waals surface area contributed by atoms with Gasteiger partial charge in [0.05, 0.1) is 0 Å². The highest BCUT2D eigenvalue weighted by Crippen LogP contribution is 2.35. The molecule has 0 aromatic heterocycles. The van der Waals surface area contributed by atoms with Crippen molar-refractivity contribution in [2.75, 3.05) is 12.9 Å². The molecule has 0 saturated carbocycles. The summed E-state index contributed by atoms with van der Waals surface area (Å²) in [5.41, 5.74) is 0.427. The lowest BCUT2D eigenvalue weighted by molar-refractivity contribution is 0.369. The maximum atomic E-state index is 5.65. The van der Waals surface area contributed by atoms with Gasteiger partial charge in [0.25, 0.3) is 0 Å². The first-order valence-corrected chi connectivity index (χ1v) is 14.0. The van der Waals surface area contributed by atoms with Crippen LogP contribution in [0.5, 0.6) is 0 Å². The summed E-state index contributed by atoms with van der Waals surface area (Å²) in [5.74, 6) is 1.28. The summed E-state index contributed by atoms with van der Waals surface area (Å²) in [4.78, 5) is 0. The summed E-state index contributed by atoms with van der Waals surface area (Å²) in [6.45, 7) is 16.7. The van der Waals surface area contributed by atoms with Crippen LogP contribution in [0.4, 0.5) is 0 Å². The molecule has 1 nitrogen and oxygen atoms in total. The van der Waals surface area contributed by atoms with Gasteiger partial charge in [-0.2, -0.15) is 11.2 Å². The third-order valence-electron chi connectivity index (χ3n) is 2.35. The van der Waals surface area contributed by atoms with E-state index in [1.54, 1.807) is 0 Å². The van der Waals surface area contributed by atoms with E-state index in [9.17, 15) is 0 Å². The summed E-state index contributed by atoms with van der Waals surface area (Å²) in [5, 5.41) is 0. The van der Waals surface area contributed by atoms with Crippen molar-refractivity contribution in [3.05, 3.63) is 0 Å². The number of rotatable bonds is 6. The largest absolute Gasteiger partial charge is 0.420 e. The fourth-order valence-electron chi connectivity index (χ4n) is 1.69. The molecule has 0 aromatic rings. The molecule has 0 fully saturated rings. The van der Waals surface area contributed by atoms with Gasteiger partial charge in [-0.1, -0.05) is 33.5 Å². The lowest BCUT2D eigenvalue weighted by Crippen LogP contribution is -2.36. The van der Waals surface area contributed by atoms with Gasteiger partial charge in [0.1, 0.15) is 7.22 Å². The highest BCUT2D eigenvalue weighted by Gasteiger charge is 2.32. The van der Waals surface area contributed by atoms with Crippen molar-refractivity contribution in [2.24, 2.45) is 5.41 Å². The van der Waals surface area contributed by atoms with Crippen LogP contribution in [0.25, 0.3) is 0 Å². The molecule has 0 aliphatic carbocycles. The predicted octanol–water partition coefficient (Wildman–Crippen LogP) is 4.43. The molecule has 0 rings (SSSR count). The molecule has 0 aliphatic heterocycles. The molecule has 4 heteroatoms. The van der Waals surface area contributed by atoms with E-state index in [1.807, 2.05) is 7.11 Å². The Kier molecular flexibility index (Phi) is 5.65. The Bertz CT molecular complexity index is 197. The number of hydrogen-bond donors (Lipinski definition) is 0. The molecule has 0 heterocycles. The zero-order valence-electron chi connectivity index (χ0n) is 11.7. The van der Waals surface area contributed by atoms with Crippen molar-refractivity contribution in [1.82, 2.24) is 0 Å². The zero-order valence-corrected chi connectivity index (χ0v) is 14.5. The fourth-order valence-corrected chi connectivity index (χ4v) is 7.84. The molecule has 0 saturated heterocycles. The van der Waals surface area contributed by atoms with Crippen LogP contribution < -0.4 is 0 Å². The molecule has 0 aromatic carbocycles. The summed E-state index contributed by atoms with van der Waals surface area (Å²) >= 11 is 2.20. The summed E-state index contributed by atoms with van der Waals surface area (Å²) < 4.78 is 5.65. The molecule has 0 unspecified atom stereocenters. The molecule has 0 bridgehead atoms. The van der Waals surface area contributed by atoms with Crippen molar-refractivity contribution >= 4 is 26.8 Å². The first-order chi connectivity index (χ1) is 6.47. The van der Waals surface area contributed by atoms with Crippen molar-refractivity contribution in [1.29, 1.82) is 0 Å². The van der Waals surface area contributed by atoms with E-state index in [0.717, 1.165) is 0 Å². The Morgan fingerprint density at radius 2 is 1.53 bits per heavy atom. The van der Waals surface area contributed by atoms with Gasteiger partial charge in [0, 0.05) is 7.11 Å². The highest BCUT2D eigenvalue weighted by molar-refractivity contribution is 8.28. The maximum absolute atomic E-state index is 5.65. The molecule has 15 heavy (non-hydrogen) atoms. The molecule has 92 valence electrons. The topological polar surface area (TPSA) is 9.23 Å². The summed E-state index contributed by atoms with van der Waals surface area (Å²) in [6.07, 6.45) is 0. The van der Waals surface area contributed by atoms with Crippen LogP contribution in [0, 0.1) is 5.41 Å². The summed E-state index contributed by atoms with van der Waals surface area (Å²) in [7, 11) is -0.499.